The Labute approximate surface area is 195 Å². The van der Waals surface area contributed by atoms with Gasteiger partial charge in [0.1, 0.15) is 11.5 Å². The lowest BCUT2D eigenvalue weighted by Crippen LogP contribution is -2.25. The Balaban J connectivity index is 1.46. The van der Waals surface area contributed by atoms with Crippen LogP contribution in [0.1, 0.15) is 23.0 Å². The summed E-state index contributed by atoms with van der Waals surface area (Å²) in [5, 5.41) is 9.97. The molecular weight excluding hydrogens is 460 g/mol. The fourth-order valence-electron chi connectivity index (χ4n) is 4.09. The number of carbonyl (C=O) groups excluding carboxylic acids is 2. The smallest absolute Gasteiger partial charge is 0.276 e. The molecule has 2 amide bonds. The highest BCUT2D eigenvalue weighted by Gasteiger charge is 2.32. The van der Waals surface area contributed by atoms with E-state index in [9.17, 15) is 18.0 Å². The number of sulfone groups is 1. The highest BCUT2D eigenvalue weighted by molar-refractivity contribution is 7.91. The molecule has 1 aromatic heterocycles. The van der Waals surface area contributed by atoms with Gasteiger partial charge in [-0.05, 0) is 55.0 Å². The SMILES string of the molecule is COc1ccc(-c2cc(C(=O)Nc3ccc4c(c3)NC(=O)CO4)nn2[C@@H]2CCS(=O)(=O)C2)cc1. The molecule has 10 nitrogen and oxygen atoms in total. The molecule has 0 spiro atoms. The zero-order valence-electron chi connectivity index (χ0n) is 18.3. The number of fused-ring (bicyclic) bond motifs is 1. The number of amides is 2. The number of benzene rings is 2. The maximum atomic E-state index is 13.0. The summed E-state index contributed by atoms with van der Waals surface area (Å²) in [6.45, 7) is -0.0544. The third kappa shape index (κ3) is 4.34. The molecule has 1 fully saturated rings. The van der Waals surface area contributed by atoms with Gasteiger partial charge in [0, 0.05) is 11.3 Å². The quantitative estimate of drug-likeness (QED) is 0.572. The monoisotopic (exact) mass is 482 g/mol. The van der Waals surface area contributed by atoms with E-state index >= 15 is 0 Å². The molecule has 11 heteroatoms. The van der Waals surface area contributed by atoms with Crippen molar-refractivity contribution in [3.05, 3.63) is 54.2 Å². The second-order valence-corrected chi connectivity index (χ2v) is 10.4. The van der Waals surface area contributed by atoms with Gasteiger partial charge in [-0.25, -0.2) is 8.42 Å². The molecule has 2 N–H and O–H groups in total. The van der Waals surface area contributed by atoms with E-state index in [1.807, 2.05) is 12.1 Å². The first-order valence-electron chi connectivity index (χ1n) is 10.6. The molecule has 3 aromatic rings. The van der Waals surface area contributed by atoms with Gasteiger partial charge in [-0.15, -0.1) is 0 Å². The standard InChI is InChI=1S/C23H22N4O6S/c1-32-17-5-2-14(3-6-17)20-11-19(26-27(20)16-8-9-34(30,31)13-16)23(29)24-15-4-7-21-18(10-15)25-22(28)12-33-21/h2-7,10-11,16H,8-9,12-13H2,1H3,(H,24,29)(H,25,28)/t16-/m1/s1. The lowest BCUT2D eigenvalue weighted by atomic mass is 10.1. The number of nitrogens with one attached hydrogen (secondary N) is 2. The normalized spacial score (nSPS) is 18.5. The summed E-state index contributed by atoms with van der Waals surface area (Å²) in [5.74, 6) is 0.529. The fraction of sp³-hybridized carbons (Fsp3) is 0.261. The van der Waals surface area contributed by atoms with Crippen LogP contribution in [-0.2, 0) is 14.6 Å². The van der Waals surface area contributed by atoms with Crippen molar-refractivity contribution >= 4 is 33.0 Å². The molecule has 0 bridgehead atoms. The molecule has 0 radical (unpaired) electrons. The van der Waals surface area contributed by atoms with Crippen LogP contribution in [0.2, 0.25) is 0 Å². The van der Waals surface area contributed by atoms with Gasteiger partial charge in [-0.3, -0.25) is 14.3 Å². The van der Waals surface area contributed by atoms with E-state index < -0.39 is 15.7 Å². The average molecular weight is 483 g/mol. The van der Waals surface area contributed by atoms with Crippen molar-refractivity contribution in [1.82, 2.24) is 9.78 Å². The zero-order chi connectivity index (χ0) is 23.9. The van der Waals surface area contributed by atoms with Gasteiger partial charge in [0.15, 0.2) is 22.1 Å². The molecular formula is C23H22N4O6S. The molecule has 0 saturated carbocycles. The second-order valence-electron chi connectivity index (χ2n) is 8.15. The van der Waals surface area contributed by atoms with Crippen LogP contribution in [-0.4, -0.2) is 55.2 Å². The Hall–Kier alpha value is -3.86. The van der Waals surface area contributed by atoms with Crippen molar-refractivity contribution in [2.45, 2.75) is 12.5 Å². The van der Waals surface area contributed by atoms with Gasteiger partial charge in [-0.1, -0.05) is 0 Å². The lowest BCUT2D eigenvalue weighted by Gasteiger charge is -2.18. The first-order valence-corrected chi connectivity index (χ1v) is 12.5. The largest absolute Gasteiger partial charge is 0.497 e. The van der Waals surface area contributed by atoms with Gasteiger partial charge in [0.2, 0.25) is 0 Å². The molecule has 0 aliphatic carbocycles. The van der Waals surface area contributed by atoms with Crippen LogP contribution in [0.15, 0.2) is 48.5 Å². The van der Waals surface area contributed by atoms with Gasteiger partial charge in [0.25, 0.3) is 11.8 Å². The Morgan fingerprint density at radius 3 is 2.71 bits per heavy atom. The van der Waals surface area contributed by atoms with E-state index in [2.05, 4.69) is 15.7 Å². The summed E-state index contributed by atoms with van der Waals surface area (Å²) in [6, 6.07) is 13.5. The average Bonchev–Trinajstić information content (AvgIpc) is 3.42. The van der Waals surface area contributed by atoms with Gasteiger partial charge >= 0.3 is 0 Å². The van der Waals surface area contributed by atoms with E-state index in [0.29, 0.717) is 35.0 Å². The van der Waals surface area contributed by atoms with Crippen LogP contribution >= 0.6 is 0 Å². The van der Waals surface area contributed by atoms with Crippen molar-refractivity contribution in [1.29, 1.82) is 0 Å². The minimum Gasteiger partial charge on any atom is -0.497 e. The number of anilines is 2. The number of nitrogens with zero attached hydrogens (tertiary/aromatic N) is 2. The fourth-order valence-corrected chi connectivity index (χ4v) is 5.78. The summed E-state index contributed by atoms with van der Waals surface area (Å²) >= 11 is 0. The second kappa shape index (κ2) is 8.49. The molecule has 1 atom stereocenters. The molecule has 2 aromatic carbocycles. The zero-order valence-corrected chi connectivity index (χ0v) is 19.1. The van der Waals surface area contributed by atoms with Crippen LogP contribution in [0.4, 0.5) is 11.4 Å². The van der Waals surface area contributed by atoms with Crippen LogP contribution in [0, 0.1) is 0 Å². The van der Waals surface area contributed by atoms with Gasteiger partial charge in [0.05, 0.1) is 36.0 Å². The van der Waals surface area contributed by atoms with E-state index in [1.54, 1.807) is 48.2 Å². The lowest BCUT2D eigenvalue weighted by molar-refractivity contribution is -0.118. The first-order chi connectivity index (χ1) is 16.3. The third-order valence-electron chi connectivity index (χ3n) is 5.78. The van der Waals surface area contributed by atoms with Crippen molar-refractivity contribution in [3.63, 3.8) is 0 Å². The Morgan fingerprint density at radius 2 is 2.00 bits per heavy atom. The van der Waals surface area contributed by atoms with Crippen LogP contribution in [0.5, 0.6) is 11.5 Å². The summed E-state index contributed by atoms with van der Waals surface area (Å²) in [4.78, 5) is 24.6. The highest BCUT2D eigenvalue weighted by atomic mass is 32.2. The molecule has 2 aliphatic rings. The van der Waals surface area contributed by atoms with Crippen LogP contribution in [0.3, 0.4) is 0 Å². The summed E-state index contributed by atoms with van der Waals surface area (Å²) in [7, 11) is -1.58. The van der Waals surface area contributed by atoms with Gasteiger partial charge in [-0.2, -0.15) is 5.10 Å². The molecule has 2 aliphatic heterocycles. The first kappa shape index (κ1) is 22.0. The Bertz CT molecular complexity index is 1380. The van der Waals surface area contributed by atoms with Gasteiger partial charge < -0.3 is 20.1 Å². The molecule has 3 heterocycles. The van der Waals surface area contributed by atoms with Crippen molar-refractivity contribution < 1.29 is 27.5 Å². The molecule has 176 valence electrons. The molecule has 34 heavy (non-hydrogen) atoms. The minimum absolute atomic E-state index is 0.0244. The van der Waals surface area contributed by atoms with Crippen molar-refractivity contribution in [2.75, 3.05) is 35.9 Å². The minimum atomic E-state index is -3.15. The highest BCUT2D eigenvalue weighted by Crippen LogP contribution is 2.32. The van der Waals surface area contributed by atoms with Crippen LogP contribution in [0.25, 0.3) is 11.3 Å². The van der Waals surface area contributed by atoms with E-state index in [-0.39, 0.29) is 35.8 Å². The number of hydrogen-bond donors (Lipinski definition) is 2. The number of rotatable bonds is 5. The van der Waals surface area contributed by atoms with Crippen molar-refractivity contribution in [2.24, 2.45) is 0 Å². The maximum absolute atomic E-state index is 13.0. The van der Waals surface area contributed by atoms with E-state index in [1.165, 1.54) is 0 Å². The van der Waals surface area contributed by atoms with Crippen LogP contribution < -0.4 is 20.1 Å². The molecule has 1 saturated heterocycles. The summed E-state index contributed by atoms with van der Waals surface area (Å²) in [5.41, 5.74) is 2.49. The number of hydrogen-bond acceptors (Lipinski definition) is 7. The number of ether oxygens (including phenoxy) is 2. The topological polar surface area (TPSA) is 129 Å². The maximum Gasteiger partial charge on any atom is 0.276 e. The summed E-state index contributed by atoms with van der Waals surface area (Å²) < 4.78 is 36.4. The van der Waals surface area contributed by atoms with E-state index in [4.69, 9.17) is 9.47 Å². The number of carbonyl (C=O) groups is 2. The molecule has 5 rings (SSSR count). The summed E-state index contributed by atoms with van der Waals surface area (Å²) in [6.07, 6.45) is 0.429. The molecule has 0 unspecified atom stereocenters. The van der Waals surface area contributed by atoms with Crippen molar-refractivity contribution in [3.8, 4) is 22.8 Å². The predicted octanol–water partition coefficient (Wildman–Crippen LogP) is 2.50. The number of aromatic nitrogens is 2. The predicted molar refractivity (Wildman–Crippen MR) is 125 cm³/mol. The van der Waals surface area contributed by atoms with E-state index in [0.717, 1.165) is 5.56 Å². The Morgan fingerprint density at radius 1 is 1.21 bits per heavy atom. The Kier molecular flexibility index (Phi) is 5.48. The third-order valence-corrected chi connectivity index (χ3v) is 7.53. The number of methoxy groups -OCH3 is 1.